The number of carbonyl (C=O) groups excluding carboxylic acids is 1. The maximum Gasteiger partial charge on any atom is 0.222 e. The van der Waals surface area contributed by atoms with E-state index in [1.807, 2.05) is 0 Å². The summed E-state index contributed by atoms with van der Waals surface area (Å²) in [4.78, 5) is 11.0. The van der Waals surface area contributed by atoms with E-state index in [0.29, 0.717) is 25.6 Å². The lowest BCUT2D eigenvalue weighted by Gasteiger charge is -2.08. The minimum atomic E-state index is 0.0485. The van der Waals surface area contributed by atoms with Crippen LogP contribution in [-0.2, 0) is 9.53 Å². The van der Waals surface area contributed by atoms with E-state index in [1.54, 1.807) is 7.11 Å². The lowest BCUT2D eigenvalue weighted by molar-refractivity contribution is -0.121. The Morgan fingerprint density at radius 1 is 1.38 bits per heavy atom. The van der Waals surface area contributed by atoms with E-state index in [-0.39, 0.29) is 5.91 Å². The number of hydrogen-bond acceptors (Lipinski definition) is 3. The molecule has 0 aliphatic heterocycles. The highest BCUT2D eigenvalue weighted by Gasteiger charge is 1.98. The van der Waals surface area contributed by atoms with Crippen LogP contribution in [-0.4, -0.2) is 38.8 Å². The summed E-state index contributed by atoms with van der Waals surface area (Å²) in [6.45, 7) is 6.14. The molecule has 0 aromatic rings. The monoisotopic (exact) mass is 188 g/mol. The molecule has 0 spiro atoms. The predicted molar refractivity (Wildman–Crippen MR) is 52.6 cm³/mol. The molecule has 0 aliphatic carbocycles. The topological polar surface area (TPSA) is 50.4 Å². The van der Waals surface area contributed by atoms with Crippen LogP contribution in [0.15, 0.2) is 0 Å². The molecule has 0 atom stereocenters. The van der Waals surface area contributed by atoms with Crippen LogP contribution in [0.1, 0.15) is 20.3 Å². The summed E-state index contributed by atoms with van der Waals surface area (Å²) < 4.78 is 4.78. The molecule has 4 nitrogen and oxygen atoms in total. The summed E-state index contributed by atoms with van der Waals surface area (Å²) in [5.74, 6) is 0.0485. The van der Waals surface area contributed by atoms with Crippen LogP contribution in [0, 0.1) is 0 Å². The number of rotatable bonds is 7. The van der Waals surface area contributed by atoms with Crippen molar-refractivity contribution in [2.75, 3.05) is 26.8 Å². The van der Waals surface area contributed by atoms with Gasteiger partial charge in [0.15, 0.2) is 0 Å². The van der Waals surface area contributed by atoms with Gasteiger partial charge in [-0.1, -0.05) is 13.8 Å². The molecule has 0 heterocycles. The molecule has 0 aliphatic rings. The van der Waals surface area contributed by atoms with E-state index in [2.05, 4.69) is 24.5 Å². The molecule has 78 valence electrons. The Labute approximate surface area is 80.0 Å². The molecule has 0 radical (unpaired) electrons. The van der Waals surface area contributed by atoms with Gasteiger partial charge in [-0.3, -0.25) is 4.79 Å². The van der Waals surface area contributed by atoms with Gasteiger partial charge in [-0.25, -0.2) is 0 Å². The largest absolute Gasteiger partial charge is 0.384 e. The normalized spacial score (nSPS) is 10.5. The van der Waals surface area contributed by atoms with Crippen LogP contribution in [0.5, 0.6) is 0 Å². The van der Waals surface area contributed by atoms with Gasteiger partial charge in [0.05, 0.1) is 6.61 Å². The Balaban J connectivity index is 3.17. The zero-order valence-electron chi connectivity index (χ0n) is 8.72. The standard InChI is InChI=1S/C9H20N2O2/c1-8(2)10-5-6-11-9(12)4-7-13-3/h8,10H,4-7H2,1-3H3,(H,11,12). The summed E-state index contributed by atoms with van der Waals surface area (Å²) in [7, 11) is 1.59. The van der Waals surface area contributed by atoms with Crippen molar-refractivity contribution in [2.24, 2.45) is 0 Å². The van der Waals surface area contributed by atoms with Crippen molar-refractivity contribution < 1.29 is 9.53 Å². The third kappa shape index (κ3) is 9.30. The molecule has 0 saturated carbocycles. The van der Waals surface area contributed by atoms with Crippen LogP contribution in [0.2, 0.25) is 0 Å². The Morgan fingerprint density at radius 3 is 2.62 bits per heavy atom. The van der Waals surface area contributed by atoms with Crippen molar-refractivity contribution >= 4 is 5.91 Å². The van der Waals surface area contributed by atoms with E-state index in [1.165, 1.54) is 0 Å². The van der Waals surface area contributed by atoms with Gasteiger partial charge in [0, 0.05) is 32.7 Å². The number of ether oxygens (including phenoxy) is 1. The second kappa shape index (κ2) is 8.01. The van der Waals surface area contributed by atoms with Crippen molar-refractivity contribution in [3.05, 3.63) is 0 Å². The van der Waals surface area contributed by atoms with E-state index >= 15 is 0 Å². The molecule has 0 bridgehead atoms. The maximum atomic E-state index is 11.0. The summed E-state index contributed by atoms with van der Waals surface area (Å²) in [6.07, 6.45) is 0.443. The number of nitrogens with one attached hydrogen (secondary N) is 2. The molecule has 2 N–H and O–H groups in total. The first-order valence-electron chi connectivity index (χ1n) is 4.66. The first-order valence-corrected chi connectivity index (χ1v) is 4.66. The fraction of sp³-hybridized carbons (Fsp3) is 0.889. The smallest absolute Gasteiger partial charge is 0.222 e. The molecule has 0 unspecified atom stereocenters. The van der Waals surface area contributed by atoms with Crippen molar-refractivity contribution in [1.29, 1.82) is 0 Å². The number of carbonyl (C=O) groups is 1. The molecule has 4 heteroatoms. The number of hydrogen-bond donors (Lipinski definition) is 2. The average Bonchev–Trinajstić information content (AvgIpc) is 2.08. The molecule has 1 amide bonds. The summed E-state index contributed by atoms with van der Waals surface area (Å²) in [5.41, 5.74) is 0. The minimum Gasteiger partial charge on any atom is -0.384 e. The van der Waals surface area contributed by atoms with E-state index < -0.39 is 0 Å². The highest BCUT2D eigenvalue weighted by atomic mass is 16.5. The van der Waals surface area contributed by atoms with Crippen molar-refractivity contribution in [3.63, 3.8) is 0 Å². The Hall–Kier alpha value is -0.610. The predicted octanol–water partition coefficient (Wildman–Crippen LogP) is 0.137. The number of amides is 1. The molecule has 0 rings (SSSR count). The van der Waals surface area contributed by atoms with E-state index in [9.17, 15) is 4.79 Å². The molecule has 0 fully saturated rings. The quantitative estimate of drug-likeness (QED) is 0.559. The van der Waals surface area contributed by atoms with Gasteiger partial charge in [-0.2, -0.15) is 0 Å². The van der Waals surface area contributed by atoms with Crippen molar-refractivity contribution in [2.45, 2.75) is 26.3 Å². The zero-order valence-corrected chi connectivity index (χ0v) is 8.72. The molecular formula is C9H20N2O2. The minimum absolute atomic E-state index is 0.0485. The lowest BCUT2D eigenvalue weighted by Crippen LogP contribution is -2.34. The van der Waals surface area contributed by atoms with Gasteiger partial charge < -0.3 is 15.4 Å². The fourth-order valence-electron chi connectivity index (χ4n) is 0.846. The van der Waals surface area contributed by atoms with Crippen molar-refractivity contribution in [1.82, 2.24) is 10.6 Å². The Bertz CT molecular complexity index is 138. The van der Waals surface area contributed by atoms with Gasteiger partial charge in [-0.15, -0.1) is 0 Å². The van der Waals surface area contributed by atoms with Gasteiger partial charge in [0.1, 0.15) is 0 Å². The molecule has 0 aromatic heterocycles. The summed E-state index contributed by atoms with van der Waals surface area (Å²) >= 11 is 0. The van der Waals surface area contributed by atoms with Gasteiger partial charge >= 0.3 is 0 Å². The SMILES string of the molecule is COCCC(=O)NCCNC(C)C. The van der Waals surface area contributed by atoms with Crippen molar-refractivity contribution in [3.8, 4) is 0 Å². The van der Waals surface area contributed by atoms with Gasteiger partial charge in [0.25, 0.3) is 0 Å². The maximum absolute atomic E-state index is 11.0. The second-order valence-corrected chi connectivity index (χ2v) is 3.20. The summed E-state index contributed by atoms with van der Waals surface area (Å²) in [5, 5.41) is 6.00. The third-order valence-electron chi connectivity index (χ3n) is 1.53. The van der Waals surface area contributed by atoms with Crippen LogP contribution in [0.3, 0.4) is 0 Å². The molecular weight excluding hydrogens is 168 g/mol. The van der Waals surface area contributed by atoms with Crippen LogP contribution < -0.4 is 10.6 Å². The van der Waals surface area contributed by atoms with Crippen LogP contribution in [0.25, 0.3) is 0 Å². The lowest BCUT2D eigenvalue weighted by atomic mass is 10.4. The molecule has 0 saturated heterocycles. The van der Waals surface area contributed by atoms with E-state index in [0.717, 1.165) is 6.54 Å². The summed E-state index contributed by atoms with van der Waals surface area (Å²) in [6, 6.07) is 0.468. The van der Waals surface area contributed by atoms with Crippen LogP contribution >= 0.6 is 0 Å². The first kappa shape index (κ1) is 12.4. The average molecular weight is 188 g/mol. The highest BCUT2D eigenvalue weighted by molar-refractivity contribution is 5.75. The molecule has 13 heavy (non-hydrogen) atoms. The zero-order chi connectivity index (χ0) is 10.1. The van der Waals surface area contributed by atoms with Crippen LogP contribution in [0.4, 0.5) is 0 Å². The Kier molecular flexibility index (Phi) is 7.63. The Morgan fingerprint density at radius 2 is 2.08 bits per heavy atom. The van der Waals surface area contributed by atoms with E-state index in [4.69, 9.17) is 4.74 Å². The second-order valence-electron chi connectivity index (χ2n) is 3.20. The van der Waals surface area contributed by atoms with Gasteiger partial charge in [-0.05, 0) is 0 Å². The molecule has 0 aromatic carbocycles. The fourth-order valence-corrected chi connectivity index (χ4v) is 0.846. The van der Waals surface area contributed by atoms with Gasteiger partial charge in [0.2, 0.25) is 5.91 Å². The first-order chi connectivity index (χ1) is 6.16. The third-order valence-corrected chi connectivity index (χ3v) is 1.53. The number of methoxy groups -OCH3 is 1. The highest BCUT2D eigenvalue weighted by Crippen LogP contribution is 1.79.